The summed E-state index contributed by atoms with van der Waals surface area (Å²) < 4.78 is 1.30. The summed E-state index contributed by atoms with van der Waals surface area (Å²) in [6.07, 6.45) is 2.34. The minimum atomic E-state index is 1.10. The predicted molar refractivity (Wildman–Crippen MR) is 114 cm³/mol. The van der Waals surface area contributed by atoms with Gasteiger partial charge in [0.1, 0.15) is 5.01 Å². The number of fused-ring (bicyclic) bond motifs is 1. The first-order valence-electron chi connectivity index (χ1n) is 9.22. The summed E-state index contributed by atoms with van der Waals surface area (Å²) in [5.74, 6) is 0. The summed E-state index contributed by atoms with van der Waals surface area (Å²) in [6.45, 7) is 6.52. The Bertz CT molecular complexity index is 1000. The molecule has 26 heavy (non-hydrogen) atoms. The van der Waals surface area contributed by atoms with Gasteiger partial charge in [-0.25, -0.2) is 4.98 Å². The molecule has 0 spiro atoms. The summed E-state index contributed by atoms with van der Waals surface area (Å²) >= 11 is 1.79. The van der Waals surface area contributed by atoms with E-state index >= 15 is 0 Å². The molecule has 0 saturated carbocycles. The lowest BCUT2D eigenvalue weighted by atomic mass is 10.0. The van der Waals surface area contributed by atoms with Crippen LogP contribution in [0.4, 0.5) is 0 Å². The standard InChI is InChI=1S/C24H23NS/c1-4-5-18-8-10-19(11-9-18)20-12-14-21(15-13-20)24-25-22-16(2)6-7-17(3)23(22)26-24/h6-15H,4-5H2,1-3H3. The molecule has 0 unspecified atom stereocenters. The molecule has 130 valence electrons. The van der Waals surface area contributed by atoms with E-state index in [1.54, 1.807) is 11.3 Å². The summed E-state index contributed by atoms with van der Waals surface area (Å²) in [5, 5.41) is 1.10. The van der Waals surface area contributed by atoms with Gasteiger partial charge in [0.2, 0.25) is 0 Å². The summed E-state index contributed by atoms with van der Waals surface area (Å²) in [6, 6.07) is 22.1. The second-order valence-corrected chi connectivity index (χ2v) is 7.92. The molecule has 0 amide bonds. The van der Waals surface area contributed by atoms with Crippen molar-refractivity contribution in [1.82, 2.24) is 4.98 Å². The van der Waals surface area contributed by atoms with Crippen molar-refractivity contribution in [3.05, 3.63) is 77.4 Å². The lowest BCUT2D eigenvalue weighted by Crippen LogP contribution is -1.84. The number of aromatic nitrogens is 1. The van der Waals surface area contributed by atoms with E-state index in [-0.39, 0.29) is 0 Å². The van der Waals surface area contributed by atoms with Crippen LogP contribution in [0, 0.1) is 13.8 Å². The van der Waals surface area contributed by atoms with Crippen LogP contribution in [0.3, 0.4) is 0 Å². The third-order valence-electron chi connectivity index (χ3n) is 4.90. The van der Waals surface area contributed by atoms with Crippen molar-refractivity contribution in [2.45, 2.75) is 33.6 Å². The van der Waals surface area contributed by atoms with Crippen LogP contribution >= 0.6 is 11.3 Å². The Balaban J connectivity index is 1.65. The quantitative estimate of drug-likeness (QED) is 0.376. The maximum Gasteiger partial charge on any atom is 0.124 e. The number of nitrogens with zero attached hydrogens (tertiary/aromatic N) is 1. The van der Waals surface area contributed by atoms with Gasteiger partial charge >= 0.3 is 0 Å². The molecule has 0 bridgehead atoms. The van der Waals surface area contributed by atoms with Gasteiger partial charge in [0.05, 0.1) is 10.2 Å². The average molecular weight is 358 g/mol. The maximum absolute atomic E-state index is 4.90. The highest BCUT2D eigenvalue weighted by Crippen LogP contribution is 2.34. The maximum atomic E-state index is 4.90. The SMILES string of the molecule is CCCc1ccc(-c2ccc(-c3nc4c(C)ccc(C)c4s3)cc2)cc1. The second-order valence-electron chi connectivity index (χ2n) is 6.92. The number of hydrogen-bond donors (Lipinski definition) is 0. The largest absolute Gasteiger partial charge is 0.236 e. The molecule has 2 heteroatoms. The van der Waals surface area contributed by atoms with Gasteiger partial charge in [0, 0.05) is 5.56 Å². The lowest BCUT2D eigenvalue weighted by molar-refractivity contribution is 0.922. The minimum Gasteiger partial charge on any atom is -0.236 e. The molecule has 4 aromatic rings. The third kappa shape index (κ3) is 3.17. The molecule has 0 N–H and O–H groups in total. The van der Waals surface area contributed by atoms with Gasteiger partial charge in [-0.1, -0.05) is 74.0 Å². The average Bonchev–Trinajstić information content (AvgIpc) is 3.13. The van der Waals surface area contributed by atoms with Crippen LogP contribution in [0.1, 0.15) is 30.0 Å². The monoisotopic (exact) mass is 357 g/mol. The van der Waals surface area contributed by atoms with Crippen LogP contribution in [-0.4, -0.2) is 4.98 Å². The fraction of sp³-hybridized carbons (Fsp3) is 0.208. The van der Waals surface area contributed by atoms with Crippen molar-refractivity contribution in [2.24, 2.45) is 0 Å². The zero-order valence-corrected chi connectivity index (χ0v) is 16.4. The summed E-state index contributed by atoms with van der Waals surface area (Å²) in [5.41, 5.74) is 8.82. The van der Waals surface area contributed by atoms with Crippen LogP contribution in [0.15, 0.2) is 60.7 Å². The van der Waals surface area contributed by atoms with Crippen LogP contribution in [0.5, 0.6) is 0 Å². The van der Waals surface area contributed by atoms with E-state index in [4.69, 9.17) is 4.98 Å². The van der Waals surface area contributed by atoms with Crippen LogP contribution in [0.25, 0.3) is 31.9 Å². The number of hydrogen-bond acceptors (Lipinski definition) is 2. The molecule has 0 aliphatic rings. The normalized spacial score (nSPS) is 11.2. The Morgan fingerprint density at radius 3 is 1.92 bits per heavy atom. The Kier molecular flexibility index (Phi) is 4.60. The predicted octanol–water partition coefficient (Wildman–Crippen LogP) is 7.20. The first-order chi connectivity index (χ1) is 12.7. The van der Waals surface area contributed by atoms with Gasteiger partial charge in [-0.15, -0.1) is 11.3 Å². The zero-order valence-electron chi connectivity index (χ0n) is 15.5. The van der Waals surface area contributed by atoms with Crippen LogP contribution < -0.4 is 0 Å². The topological polar surface area (TPSA) is 12.9 Å². The molecule has 1 heterocycles. The highest BCUT2D eigenvalue weighted by atomic mass is 32.1. The molecule has 0 atom stereocenters. The Labute approximate surface area is 159 Å². The summed E-state index contributed by atoms with van der Waals surface area (Å²) in [4.78, 5) is 4.90. The lowest BCUT2D eigenvalue weighted by Gasteiger charge is -2.05. The minimum absolute atomic E-state index is 1.10. The molecule has 0 fully saturated rings. The van der Waals surface area contributed by atoms with Gasteiger partial charge in [-0.2, -0.15) is 0 Å². The third-order valence-corrected chi connectivity index (χ3v) is 6.14. The van der Waals surface area contributed by atoms with E-state index in [9.17, 15) is 0 Å². The fourth-order valence-electron chi connectivity index (χ4n) is 3.34. The van der Waals surface area contributed by atoms with E-state index in [1.165, 1.54) is 44.5 Å². The van der Waals surface area contributed by atoms with E-state index in [1.807, 2.05) is 0 Å². The zero-order chi connectivity index (χ0) is 18.1. The van der Waals surface area contributed by atoms with Gasteiger partial charge in [0.15, 0.2) is 0 Å². The Hall–Kier alpha value is -2.45. The van der Waals surface area contributed by atoms with E-state index in [2.05, 4.69) is 81.4 Å². The fourth-order valence-corrected chi connectivity index (χ4v) is 4.46. The van der Waals surface area contributed by atoms with Gasteiger partial charge < -0.3 is 0 Å². The number of benzene rings is 3. The molecular weight excluding hydrogens is 334 g/mol. The molecule has 0 aliphatic heterocycles. The summed E-state index contributed by atoms with van der Waals surface area (Å²) in [7, 11) is 0. The molecule has 1 nitrogen and oxygen atoms in total. The highest BCUT2D eigenvalue weighted by molar-refractivity contribution is 7.21. The Morgan fingerprint density at radius 2 is 1.31 bits per heavy atom. The number of aryl methyl sites for hydroxylation is 3. The van der Waals surface area contributed by atoms with Gasteiger partial charge in [0.25, 0.3) is 0 Å². The molecule has 1 aromatic heterocycles. The number of rotatable bonds is 4. The number of thiazole rings is 1. The smallest absolute Gasteiger partial charge is 0.124 e. The van der Waals surface area contributed by atoms with Gasteiger partial charge in [-0.3, -0.25) is 0 Å². The van der Waals surface area contributed by atoms with E-state index < -0.39 is 0 Å². The highest BCUT2D eigenvalue weighted by Gasteiger charge is 2.10. The van der Waals surface area contributed by atoms with E-state index in [0.29, 0.717) is 0 Å². The molecule has 4 rings (SSSR count). The van der Waals surface area contributed by atoms with Crippen LogP contribution in [0.2, 0.25) is 0 Å². The van der Waals surface area contributed by atoms with Crippen molar-refractivity contribution >= 4 is 21.6 Å². The van der Waals surface area contributed by atoms with Crippen molar-refractivity contribution < 1.29 is 0 Å². The first kappa shape index (κ1) is 17.0. The van der Waals surface area contributed by atoms with Gasteiger partial charge in [-0.05, 0) is 48.1 Å². The van der Waals surface area contributed by atoms with Crippen molar-refractivity contribution in [3.63, 3.8) is 0 Å². The van der Waals surface area contributed by atoms with E-state index in [0.717, 1.165) is 16.9 Å². The van der Waals surface area contributed by atoms with Crippen molar-refractivity contribution in [3.8, 4) is 21.7 Å². The molecule has 0 aliphatic carbocycles. The molecule has 0 radical (unpaired) electrons. The molecule has 0 saturated heterocycles. The molecule has 3 aromatic carbocycles. The Morgan fingerprint density at radius 1 is 0.731 bits per heavy atom. The first-order valence-corrected chi connectivity index (χ1v) is 10.0. The van der Waals surface area contributed by atoms with Crippen LogP contribution in [-0.2, 0) is 6.42 Å². The van der Waals surface area contributed by atoms with Crippen molar-refractivity contribution in [1.29, 1.82) is 0 Å². The molecular formula is C24H23NS. The van der Waals surface area contributed by atoms with Crippen molar-refractivity contribution in [2.75, 3.05) is 0 Å². The second kappa shape index (κ2) is 7.05.